The molecule has 2 aromatic carbocycles. The predicted molar refractivity (Wildman–Crippen MR) is 82.3 cm³/mol. The van der Waals surface area contributed by atoms with Crippen molar-refractivity contribution < 1.29 is 9.90 Å². The first-order chi connectivity index (χ1) is 10.2. The van der Waals surface area contributed by atoms with Gasteiger partial charge in [0.05, 0.1) is 11.4 Å². The molecule has 0 amide bonds. The molecule has 0 fully saturated rings. The van der Waals surface area contributed by atoms with Crippen LogP contribution in [0.5, 0.6) is 5.75 Å². The fourth-order valence-corrected chi connectivity index (χ4v) is 2.64. The number of carbonyl (C=O) groups is 1. The Morgan fingerprint density at radius 1 is 1.00 bits per heavy atom. The fourth-order valence-electron chi connectivity index (χ4n) is 2.64. The van der Waals surface area contributed by atoms with Crippen molar-refractivity contribution in [2.75, 3.05) is 5.32 Å². The van der Waals surface area contributed by atoms with Crippen LogP contribution in [0.25, 0.3) is 17.0 Å². The minimum Gasteiger partial charge on any atom is -0.505 e. The standard InChI is InChI=1S/C17H12N2O2/c20-16-10-5-1-3-7-12(10)18-14(16)9-15-17(21)11-6-2-4-8-13(11)19-15/h1-9,18-20H/b15-9+. The Kier molecular flexibility index (Phi) is 2.38. The number of anilines is 1. The number of rotatable bonds is 1. The van der Waals surface area contributed by atoms with Crippen LogP contribution in [0.3, 0.4) is 0 Å². The molecule has 1 aliphatic rings. The van der Waals surface area contributed by atoms with Crippen molar-refractivity contribution in [3.8, 4) is 5.75 Å². The Morgan fingerprint density at radius 2 is 1.76 bits per heavy atom. The summed E-state index contributed by atoms with van der Waals surface area (Å²) < 4.78 is 0. The van der Waals surface area contributed by atoms with E-state index in [9.17, 15) is 9.90 Å². The van der Waals surface area contributed by atoms with E-state index in [1.165, 1.54) is 0 Å². The lowest BCUT2D eigenvalue weighted by Gasteiger charge is -1.97. The van der Waals surface area contributed by atoms with E-state index in [2.05, 4.69) is 10.3 Å². The lowest BCUT2D eigenvalue weighted by Crippen LogP contribution is -1.99. The number of fused-ring (bicyclic) bond motifs is 2. The highest BCUT2D eigenvalue weighted by Crippen LogP contribution is 2.33. The van der Waals surface area contributed by atoms with Gasteiger partial charge in [-0.15, -0.1) is 0 Å². The molecule has 0 spiro atoms. The van der Waals surface area contributed by atoms with Crippen LogP contribution in [0, 0.1) is 0 Å². The molecular formula is C17H12N2O2. The van der Waals surface area contributed by atoms with Crippen molar-refractivity contribution in [3.05, 3.63) is 65.5 Å². The molecule has 3 aromatic rings. The fraction of sp³-hybridized carbons (Fsp3) is 0. The van der Waals surface area contributed by atoms with Gasteiger partial charge in [-0.2, -0.15) is 0 Å². The number of para-hydroxylation sites is 2. The van der Waals surface area contributed by atoms with Crippen LogP contribution in [0.15, 0.2) is 54.2 Å². The Labute approximate surface area is 120 Å². The van der Waals surface area contributed by atoms with Crippen LogP contribution in [0.4, 0.5) is 5.69 Å². The number of aromatic nitrogens is 1. The first-order valence-corrected chi connectivity index (χ1v) is 6.66. The number of Topliss-reactive ketones (excluding diaryl/α,β-unsaturated/α-hetero) is 1. The van der Waals surface area contributed by atoms with Gasteiger partial charge in [-0.3, -0.25) is 4.79 Å². The molecule has 0 saturated heterocycles. The molecule has 0 saturated carbocycles. The molecule has 0 unspecified atom stereocenters. The summed E-state index contributed by atoms with van der Waals surface area (Å²) in [5, 5.41) is 14.1. The van der Waals surface area contributed by atoms with Crippen molar-refractivity contribution in [2.24, 2.45) is 0 Å². The summed E-state index contributed by atoms with van der Waals surface area (Å²) >= 11 is 0. The second-order valence-electron chi connectivity index (χ2n) is 4.99. The molecule has 4 heteroatoms. The normalized spacial score (nSPS) is 15.4. The highest BCUT2D eigenvalue weighted by atomic mass is 16.3. The molecule has 21 heavy (non-hydrogen) atoms. The van der Waals surface area contributed by atoms with E-state index < -0.39 is 0 Å². The Morgan fingerprint density at radius 3 is 2.57 bits per heavy atom. The predicted octanol–water partition coefficient (Wildman–Crippen LogP) is 3.52. The monoisotopic (exact) mass is 276 g/mol. The third kappa shape index (κ3) is 1.73. The maximum Gasteiger partial charge on any atom is 0.211 e. The molecule has 102 valence electrons. The van der Waals surface area contributed by atoms with Gasteiger partial charge in [0.1, 0.15) is 5.75 Å². The number of hydrogen-bond donors (Lipinski definition) is 3. The summed E-state index contributed by atoms with van der Waals surface area (Å²) in [5.41, 5.74) is 3.27. The van der Waals surface area contributed by atoms with Gasteiger partial charge in [0, 0.05) is 22.2 Å². The SMILES string of the molecule is O=C1/C(=C\c2[nH]c3ccccc3c2O)Nc2ccccc21. The summed E-state index contributed by atoms with van der Waals surface area (Å²) in [4.78, 5) is 15.4. The van der Waals surface area contributed by atoms with Crippen molar-refractivity contribution in [3.63, 3.8) is 0 Å². The second-order valence-corrected chi connectivity index (χ2v) is 4.99. The number of ketones is 1. The molecule has 2 heterocycles. The maximum absolute atomic E-state index is 12.3. The maximum atomic E-state index is 12.3. The number of benzene rings is 2. The molecule has 1 aliphatic heterocycles. The lowest BCUT2D eigenvalue weighted by molar-refractivity contribution is 0.104. The van der Waals surface area contributed by atoms with Gasteiger partial charge in [0.25, 0.3) is 0 Å². The van der Waals surface area contributed by atoms with Gasteiger partial charge >= 0.3 is 0 Å². The summed E-state index contributed by atoms with van der Waals surface area (Å²) in [6.45, 7) is 0. The van der Waals surface area contributed by atoms with Crippen LogP contribution in [0.2, 0.25) is 0 Å². The van der Waals surface area contributed by atoms with E-state index in [1.807, 2.05) is 42.5 Å². The number of aromatic hydroxyl groups is 1. The van der Waals surface area contributed by atoms with Crippen LogP contribution < -0.4 is 5.32 Å². The van der Waals surface area contributed by atoms with Gasteiger partial charge in [-0.1, -0.05) is 24.3 Å². The first kappa shape index (κ1) is 11.8. The van der Waals surface area contributed by atoms with E-state index in [-0.39, 0.29) is 11.5 Å². The van der Waals surface area contributed by atoms with Crippen molar-refractivity contribution in [1.82, 2.24) is 4.98 Å². The molecule has 4 rings (SSSR count). The number of nitrogens with one attached hydrogen (secondary N) is 2. The third-order valence-electron chi connectivity index (χ3n) is 3.68. The first-order valence-electron chi connectivity index (χ1n) is 6.66. The summed E-state index contributed by atoms with van der Waals surface area (Å²) in [5.74, 6) is 0.0901. The lowest BCUT2D eigenvalue weighted by atomic mass is 10.1. The summed E-state index contributed by atoms with van der Waals surface area (Å²) in [7, 11) is 0. The minimum absolute atomic E-state index is 0.0661. The largest absolute Gasteiger partial charge is 0.505 e. The molecule has 0 bridgehead atoms. The van der Waals surface area contributed by atoms with Gasteiger partial charge in [0.2, 0.25) is 5.78 Å². The van der Waals surface area contributed by atoms with Gasteiger partial charge < -0.3 is 15.4 Å². The number of H-pyrrole nitrogens is 1. The zero-order valence-electron chi connectivity index (χ0n) is 11.1. The smallest absolute Gasteiger partial charge is 0.211 e. The summed E-state index contributed by atoms with van der Waals surface area (Å²) in [6, 6.07) is 14.8. The zero-order chi connectivity index (χ0) is 14.4. The van der Waals surface area contributed by atoms with Crippen molar-refractivity contribution >= 4 is 28.4 Å². The van der Waals surface area contributed by atoms with Gasteiger partial charge in [-0.25, -0.2) is 0 Å². The highest BCUT2D eigenvalue weighted by Gasteiger charge is 2.24. The Balaban J connectivity index is 1.82. The van der Waals surface area contributed by atoms with E-state index >= 15 is 0 Å². The Hall–Kier alpha value is -3.01. The van der Waals surface area contributed by atoms with Crippen molar-refractivity contribution in [2.45, 2.75) is 0 Å². The topological polar surface area (TPSA) is 65.1 Å². The number of allylic oxidation sites excluding steroid dienone is 1. The third-order valence-corrected chi connectivity index (χ3v) is 3.68. The number of carbonyl (C=O) groups excluding carboxylic acids is 1. The highest BCUT2D eigenvalue weighted by molar-refractivity contribution is 6.20. The average molecular weight is 276 g/mol. The molecule has 1 aromatic heterocycles. The Bertz CT molecular complexity index is 906. The van der Waals surface area contributed by atoms with E-state index in [0.29, 0.717) is 17.0 Å². The molecule has 0 atom stereocenters. The average Bonchev–Trinajstić information content (AvgIpc) is 2.99. The van der Waals surface area contributed by atoms with Crippen LogP contribution in [-0.4, -0.2) is 15.9 Å². The minimum atomic E-state index is -0.0661. The van der Waals surface area contributed by atoms with E-state index in [4.69, 9.17) is 0 Å². The van der Waals surface area contributed by atoms with Crippen LogP contribution >= 0.6 is 0 Å². The van der Waals surface area contributed by atoms with Crippen LogP contribution in [-0.2, 0) is 0 Å². The van der Waals surface area contributed by atoms with Crippen LogP contribution in [0.1, 0.15) is 16.1 Å². The molecule has 3 N–H and O–H groups in total. The molecule has 0 aliphatic carbocycles. The van der Waals surface area contributed by atoms with E-state index in [0.717, 1.165) is 16.6 Å². The number of hydrogen-bond acceptors (Lipinski definition) is 3. The second kappa shape index (κ2) is 4.24. The molecule has 0 radical (unpaired) electrons. The van der Waals surface area contributed by atoms with Gasteiger partial charge in [0.15, 0.2) is 0 Å². The van der Waals surface area contributed by atoms with Crippen molar-refractivity contribution in [1.29, 1.82) is 0 Å². The van der Waals surface area contributed by atoms with E-state index in [1.54, 1.807) is 12.1 Å². The summed E-state index contributed by atoms with van der Waals surface area (Å²) in [6.07, 6.45) is 1.65. The quantitative estimate of drug-likeness (QED) is 0.596. The number of aromatic amines is 1. The van der Waals surface area contributed by atoms with Gasteiger partial charge in [-0.05, 0) is 30.3 Å². The molecule has 4 nitrogen and oxygen atoms in total. The zero-order valence-corrected chi connectivity index (χ0v) is 11.1. The molecular weight excluding hydrogens is 264 g/mol.